The van der Waals surface area contributed by atoms with E-state index in [0.717, 1.165) is 61.8 Å². The lowest BCUT2D eigenvalue weighted by molar-refractivity contribution is -0.113. The number of rotatable bonds is 7. The molecular weight excluding hydrogens is 490 g/mol. The summed E-state index contributed by atoms with van der Waals surface area (Å²) in [6.45, 7) is 2.74. The summed E-state index contributed by atoms with van der Waals surface area (Å²) in [5.41, 5.74) is 4.69. The molecule has 188 valence electrons. The van der Waals surface area contributed by atoms with Gasteiger partial charge in [0.15, 0.2) is 5.16 Å². The van der Waals surface area contributed by atoms with Crippen LogP contribution in [-0.2, 0) is 23.2 Å². The van der Waals surface area contributed by atoms with Gasteiger partial charge in [-0.15, -0.1) is 0 Å². The second-order valence-electron chi connectivity index (χ2n) is 9.95. The van der Waals surface area contributed by atoms with Crippen LogP contribution >= 0.6 is 23.4 Å². The number of fused-ring (bicyclic) bond motifs is 4. The molecule has 1 spiro atoms. The van der Waals surface area contributed by atoms with Gasteiger partial charge in [-0.2, -0.15) is 0 Å². The molecule has 5 nitrogen and oxygen atoms in total. The number of hydrogen-bond donors (Lipinski definition) is 1. The number of anilines is 1. The van der Waals surface area contributed by atoms with Gasteiger partial charge >= 0.3 is 0 Å². The molecule has 36 heavy (non-hydrogen) atoms. The zero-order valence-electron chi connectivity index (χ0n) is 20.7. The zero-order chi connectivity index (χ0) is 25.1. The van der Waals surface area contributed by atoms with Gasteiger partial charge in [-0.25, -0.2) is 4.98 Å². The van der Waals surface area contributed by atoms with Crippen molar-refractivity contribution in [2.45, 2.75) is 75.4 Å². The number of aromatic nitrogens is 2. The van der Waals surface area contributed by atoms with Crippen LogP contribution in [0.1, 0.15) is 63.0 Å². The monoisotopic (exact) mass is 521 g/mol. The van der Waals surface area contributed by atoms with Gasteiger partial charge in [-0.1, -0.05) is 86.3 Å². The molecule has 1 heterocycles. The highest BCUT2D eigenvalue weighted by Gasteiger charge is 2.43. The van der Waals surface area contributed by atoms with Crippen molar-refractivity contribution in [2.24, 2.45) is 0 Å². The van der Waals surface area contributed by atoms with Crippen molar-refractivity contribution in [3.8, 4) is 11.3 Å². The Morgan fingerprint density at radius 1 is 1.14 bits per heavy atom. The first-order valence-electron chi connectivity index (χ1n) is 12.9. The summed E-state index contributed by atoms with van der Waals surface area (Å²) in [4.78, 5) is 32.1. The van der Waals surface area contributed by atoms with Crippen LogP contribution in [-0.4, -0.2) is 21.2 Å². The second kappa shape index (κ2) is 10.8. The fraction of sp³-hybridized carbons (Fsp3) is 0.414. The molecule has 5 rings (SSSR count). The van der Waals surface area contributed by atoms with Gasteiger partial charge in [-0.05, 0) is 49.4 Å². The first-order valence-corrected chi connectivity index (χ1v) is 14.3. The van der Waals surface area contributed by atoms with Gasteiger partial charge in [0.1, 0.15) is 0 Å². The number of nitrogens with zero attached hydrogens (tertiary/aromatic N) is 2. The lowest BCUT2D eigenvalue weighted by Crippen LogP contribution is -2.43. The predicted molar refractivity (Wildman–Crippen MR) is 148 cm³/mol. The van der Waals surface area contributed by atoms with Crippen molar-refractivity contribution in [3.05, 3.63) is 75.0 Å². The van der Waals surface area contributed by atoms with Crippen molar-refractivity contribution in [2.75, 3.05) is 11.1 Å². The standard InChI is InChI=1S/C29H32ClN3O2S/c1-2-3-16-33-27(35)25-26(23-13-6-5-10-20(23)18-29(25)14-7-4-8-15-29)32-28(33)36-19-24(34)31-22-12-9-11-21(30)17-22/h5-6,9-13,17H,2-4,7-8,14-16,18-19H2,1H3,(H,31,34). The molecule has 0 saturated heterocycles. The Kier molecular flexibility index (Phi) is 7.54. The van der Waals surface area contributed by atoms with Crippen molar-refractivity contribution < 1.29 is 4.79 Å². The number of nitrogens with one attached hydrogen (secondary N) is 1. The van der Waals surface area contributed by atoms with E-state index in [-0.39, 0.29) is 22.6 Å². The molecule has 7 heteroatoms. The van der Waals surface area contributed by atoms with Gasteiger partial charge in [0.25, 0.3) is 5.56 Å². The van der Waals surface area contributed by atoms with Crippen LogP contribution in [0.15, 0.2) is 58.5 Å². The maximum atomic E-state index is 14.2. The highest BCUT2D eigenvalue weighted by atomic mass is 35.5. The van der Waals surface area contributed by atoms with Gasteiger partial charge in [0.05, 0.1) is 17.0 Å². The van der Waals surface area contributed by atoms with Gasteiger partial charge < -0.3 is 5.32 Å². The topological polar surface area (TPSA) is 64.0 Å². The van der Waals surface area contributed by atoms with E-state index in [0.29, 0.717) is 22.4 Å². The van der Waals surface area contributed by atoms with Crippen LogP contribution in [0.4, 0.5) is 5.69 Å². The summed E-state index contributed by atoms with van der Waals surface area (Å²) in [5, 5.41) is 4.09. The number of amides is 1. The number of halogens is 1. The third-order valence-electron chi connectivity index (χ3n) is 7.45. The first-order chi connectivity index (χ1) is 17.5. The minimum Gasteiger partial charge on any atom is -0.325 e. The number of unbranched alkanes of at least 4 members (excludes halogenated alkanes) is 1. The quantitative estimate of drug-likeness (QED) is 0.272. The van der Waals surface area contributed by atoms with Gasteiger partial charge in [0.2, 0.25) is 5.91 Å². The van der Waals surface area contributed by atoms with E-state index in [1.807, 2.05) is 16.7 Å². The highest BCUT2D eigenvalue weighted by Crippen LogP contribution is 2.48. The van der Waals surface area contributed by atoms with Crippen molar-refractivity contribution in [3.63, 3.8) is 0 Å². The number of hydrogen-bond acceptors (Lipinski definition) is 4. The molecule has 1 fully saturated rings. The number of carbonyl (C=O) groups excluding carboxylic acids is 1. The summed E-state index contributed by atoms with van der Waals surface area (Å²) in [6, 6.07) is 15.5. The smallest absolute Gasteiger partial charge is 0.258 e. The molecule has 1 N–H and O–H groups in total. The van der Waals surface area contributed by atoms with E-state index in [1.54, 1.807) is 18.2 Å². The van der Waals surface area contributed by atoms with Crippen LogP contribution in [0, 0.1) is 0 Å². The molecule has 3 aromatic rings. The summed E-state index contributed by atoms with van der Waals surface area (Å²) >= 11 is 7.39. The number of carbonyl (C=O) groups is 1. The molecule has 2 aliphatic carbocycles. The van der Waals surface area contributed by atoms with E-state index in [9.17, 15) is 9.59 Å². The minimum absolute atomic E-state index is 0.0857. The molecule has 2 aromatic carbocycles. The maximum Gasteiger partial charge on any atom is 0.258 e. The Morgan fingerprint density at radius 3 is 2.72 bits per heavy atom. The molecule has 1 amide bonds. The Hall–Kier alpha value is -2.57. The zero-order valence-corrected chi connectivity index (χ0v) is 22.3. The summed E-state index contributed by atoms with van der Waals surface area (Å²) in [5.74, 6) is 0.0110. The van der Waals surface area contributed by atoms with E-state index >= 15 is 0 Å². The lowest BCUT2D eigenvalue weighted by atomic mass is 9.62. The number of thioether (sulfide) groups is 1. The van der Waals surface area contributed by atoms with Gasteiger partial charge in [-0.3, -0.25) is 14.2 Å². The largest absolute Gasteiger partial charge is 0.325 e. The molecule has 0 bridgehead atoms. The third kappa shape index (κ3) is 4.98. The third-order valence-corrected chi connectivity index (χ3v) is 8.66. The lowest BCUT2D eigenvalue weighted by Gasteiger charge is -2.42. The van der Waals surface area contributed by atoms with Crippen LogP contribution in [0.25, 0.3) is 11.3 Å². The Morgan fingerprint density at radius 2 is 1.94 bits per heavy atom. The Labute approximate surface area is 221 Å². The van der Waals surface area contributed by atoms with Gasteiger partial charge in [0, 0.05) is 28.2 Å². The van der Waals surface area contributed by atoms with Crippen LogP contribution in [0.5, 0.6) is 0 Å². The average Bonchev–Trinajstić information content (AvgIpc) is 2.87. The fourth-order valence-electron chi connectivity index (χ4n) is 5.74. The average molecular weight is 522 g/mol. The van der Waals surface area contributed by atoms with E-state index in [2.05, 4.69) is 30.4 Å². The summed E-state index contributed by atoms with van der Waals surface area (Å²) in [6.07, 6.45) is 8.39. The van der Waals surface area contributed by atoms with E-state index in [4.69, 9.17) is 16.6 Å². The fourth-order valence-corrected chi connectivity index (χ4v) is 6.75. The maximum absolute atomic E-state index is 14.2. The number of benzene rings is 2. The Balaban J connectivity index is 1.53. The molecule has 0 unspecified atom stereocenters. The molecule has 0 aliphatic heterocycles. The predicted octanol–water partition coefficient (Wildman–Crippen LogP) is 6.85. The minimum atomic E-state index is -0.152. The molecule has 0 atom stereocenters. The summed E-state index contributed by atoms with van der Waals surface area (Å²) < 4.78 is 1.84. The first kappa shape index (κ1) is 25.1. The molecule has 2 aliphatic rings. The van der Waals surface area contributed by atoms with Crippen LogP contribution < -0.4 is 10.9 Å². The second-order valence-corrected chi connectivity index (χ2v) is 11.3. The van der Waals surface area contributed by atoms with E-state index in [1.165, 1.54) is 23.7 Å². The molecule has 1 saturated carbocycles. The highest BCUT2D eigenvalue weighted by molar-refractivity contribution is 7.99. The van der Waals surface area contributed by atoms with Crippen molar-refractivity contribution >= 4 is 35.0 Å². The van der Waals surface area contributed by atoms with Crippen molar-refractivity contribution in [1.82, 2.24) is 9.55 Å². The summed E-state index contributed by atoms with van der Waals surface area (Å²) in [7, 11) is 0. The normalized spacial score (nSPS) is 15.8. The molecular formula is C29H32ClN3O2S. The van der Waals surface area contributed by atoms with Crippen molar-refractivity contribution in [1.29, 1.82) is 0 Å². The van der Waals surface area contributed by atoms with Crippen LogP contribution in [0.3, 0.4) is 0 Å². The Bertz CT molecular complexity index is 1330. The van der Waals surface area contributed by atoms with Crippen LogP contribution in [0.2, 0.25) is 5.02 Å². The molecule has 1 aromatic heterocycles. The van der Waals surface area contributed by atoms with E-state index < -0.39 is 0 Å². The molecule has 0 radical (unpaired) electrons. The SMILES string of the molecule is CCCCn1c(SCC(=O)Nc2cccc(Cl)c2)nc2c(c1=O)C1(CCCCC1)Cc1ccccc1-2.